The Morgan fingerprint density at radius 2 is 2.10 bits per heavy atom. The first-order valence-corrected chi connectivity index (χ1v) is 6.48. The van der Waals surface area contributed by atoms with Crippen molar-refractivity contribution in [1.82, 2.24) is 5.32 Å². The Hall–Kier alpha value is -2.00. The Balaban J connectivity index is 2.29. The second-order valence-corrected chi connectivity index (χ2v) is 5.09. The summed E-state index contributed by atoms with van der Waals surface area (Å²) in [5.74, 6) is 4.56. The summed E-state index contributed by atoms with van der Waals surface area (Å²) in [5, 5.41) is 2.10. The molecule has 0 bridgehead atoms. The number of aryl methyl sites for hydroxylation is 1. The van der Waals surface area contributed by atoms with Crippen LogP contribution in [0.3, 0.4) is 0 Å². The fraction of sp³-hybridized carbons (Fsp3) is 0.400. The van der Waals surface area contributed by atoms with E-state index in [1.807, 2.05) is 0 Å². The molecule has 0 atom stereocenters. The predicted molar refractivity (Wildman–Crippen MR) is 72.6 cm³/mol. The molecule has 1 amide bonds. The predicted octanol–water partition coefficient (Wildman–Crippen LogP) is 2.13. The van der Waals surface area contributed by atoms with Gasteiger partial charge in [-0.1, -0.05) is 23.5 Å². The van der Waals surface area contributed by atoms with Gasteiger partial charge in [0.05, 0.1) is 12.1 Å². The van der Waals surface area contributed by atoms with Gasteiger partial charge in [0.25, 0.3) is 5.91 Å². The van der Waals surface area contributed by atoms with Crippen LogP contribution >= 0.6 is 0 Å². The highest BCUT2D eigenvalue weighted by molar-refractivity contribution is 5.97. The van der Waals surface area contributed by atoms with E-state index in [1.165, 1.54) is 6.07 Å². The van der Waals surface area contributed by atoms with E-state index in [9.17, 15) is 18.0 Å². The Morgan fingerprint density at radius 3 is 2.62 bits per heavy atom. The van der Waals surface area contributed by atoms with Gasteiger partial charge in [-0.3, -0.25) is 4.79 Å². The van der Waals surface area contributed by atoms with Crippen LogP contribution in [0.25, 0.3) is 0 Å². The van der Waals surface area contributed by atoms with Crippen LogP contribution in [-0.2, 0) is 0 Å². The largest absolute Gasteiger partial charge is 0.411 e. The monoisotopic (exact) mass is 296 g/mol. The number of halogens is 3. The lowest BCUT2D eigenvalue weighted by Crippen LogP contribution is -2.48. The number of carbonyl (C=O) groups excluding carboxylic acids is 1. The minimum absolute atomic E-state index is 0.0854. The van der Waals surface area contributed by atoms with Crippen LogP contribution in [0.1, 0.15) is 34.3 Å². The van der Waals surface area contributed by atoms with E-state index in [0.29, 0.717) is 5.56 Å². The normalized spacial score (nSPS) is 15.9. The fourth-order valence-electron chi connectivity index (χ4n) is 1.99. The molecule has 0 radical (unpaired) electrons. The third kappa shape index (κ3) is 3.19. The van der Waals surface area contributed by atoms with Gasteiger partial charge in [0.15, 0.2) is 0 Å². The molecule has 1 aliphatic carbocycles. The SMILES string of the molecule is Cc1ccc(C#CCN)c(C(=O)NC2(C(F)(F)F)CC2)c1. The molecular weight excluding hydrogens is 281 g/mol. The number of rotatable bonds is 2. The molecule has 1 aliphatic rings. The van der Waals surface area contributed by atoms with Gasteiger partial charge in [-0.2, -0.15) is 13.2 Å². The average molecular weight is 296 g/mol. The number of carbonyl (C=O) groups is 1. The summed E-state index contributed by atoms with van der Waals surface area (Å²) in [6.07, 6.45) is -4.61. The molecule has 0 aliphatic heterocycles. The van der Waals surface area contributed by atoms with Crippen LogP contribution < -0.4 is 11.1 Å². The molecule has 1 saturated carbocycles. The highest BCUT2D eigenvalue weighted by Crippen LogP contribution is 2.49. The van der Waals surface area contributed by atoms with Gasteiger partial charge in [-0.15, -0.1) is 0 Å². The number of alkyl halides is 3. The van der Waals surface area contributed by atoms with E-state index >= 15 is 0 Å². The molecule has 112 valence electrons. The van der Waals surface area contributed by atoms with Crippen LogP contribution in [0.2, 0.25) is 0 Å². The minimum Gasteiger partial charge on any atom is -0.338 e. The number of amides is 1. The molecule has 6 heteroatoms. The third-order valence-electron chi connectivity index (χ3n) is 3.39. The summed E-state index contributed by atoms with van der Waals surface area (Å²) >= 11 is 0. The van der Waals surface area contributed by atoms with Crippen LogP contribution in [0.15, 0.2) is 18.2 Å². The maximum absolute atomic E-state index is 12.9. The summed E-state index contributed by atoms with van der Waals surface area (Å²) < 4.78 is 38.7. The lowest BCUT2D eigenvalue weighted by atomic mass is 10.0. The minimum atomic E-state index is -4.43. The molecule has 0 heterocycles. The average Bonchev–Trinajstić information content (AvgIpc) is 3.17. The number of benzene rings is 1. The molecule has 0 saturated heterocycles. The standard InChI is InChI=1S/C15H15F3N2O/c1-10-4-5-11(3-2-8-19)12(9-10)13(21)20-14(6-7-14)15(16,17)18/h4-5,9H,6-8,19H2,1H3,(H,20,21). The molecule has 1 fully saturated rings. The molecule has 2 rings (SSSR count). The van der Waals surface area contributed by atoms with E-state index < -0.39 is 17.6 Å². The summed E-state index contributed by atoms with van der Waals surface area (Å²) in [5.41, 5.74) is 4.50. The van der Waals surface area contributed by atoms with Crippen molar-refractivity contribution in [3.63, 3.8) is 0 Å². The molecule has 3 N–H and O–H groups in total. The van der Waals surface area contributed by atoms with E-state index in [0.717, 1.165) is 5.56 Å². The zero-order chi connectivity index (χ0) is 15.7. The van der Waals surface area contributed by atoms with Crippen LogP contribution in [-0.4, -0.2) is 24.2 Å². The topological polar surface area (TPSA) is 55.1 Å². The smallest absolute Gasteiger partial charge is 0.338 e. The molecule has 21 heavy (non-hydrogen) atoms. The van der Waals surface area contributed by atoms with Gasteiger partial charge >= 0.3 is 6.18 Å². The van der Waals surface area contributed by atoms with E-state index in [4.69, 9.17) is 5.73 Å². The van der Waals surface area contributed by atoms with Crippen molar-refractivity contribution in [3.8, 4) is 11.8 Å². The number of hydrogen-bond donors (Lipinski definition) is 2. The second kappa shape index (κ2) is 5.41. The van der Waals surface area contributed by atoms with Crippen molar-refractivity contribution in [3.05, 3.63) is 34.9 Å². The summed E-state index contributed by atoms with van der Waals surface area (Å²) in [7, 11) is 0. The number of hydrogen-bond acceptors (Lipinski definition) is 2. The Kier molecular flexibility index (Phi) is 3.97. The van der Waals surface area contributed by atoms with E-state index in [1.54, 1.807) is 19.1 Å². The van der Waals surface area contributed by atoms with Crippen LogP contribution in [0, 0.1) is 18.8 Å². The molecule has 0 unspecified atom stereocenters. The van der Waals surface area contributed by atoms with Gasteiger partial charge in [0, 0.05) is 5.56 Å². The molecule has 0 spiro atoms. The van der Waals surface area contributed by atoms with Gasteiger partial charge in [-0.25, -0.2) is 0 Å². The summed E-state index contributed by atoms with van der Waals surface area (Å²) in [6, 6.07) is 4.89. The zero-order valence-corrected chi connectivity index (χ0v) is 11.5. The first-order valence-electron chi connectivity index (χ1n) is 6.48. The fourth-order valence-corrected chi connectivity index (χ4v) is 1.99. The van der Waals surface area contributed by atoms with Crippen molar-refractivity contribution >= 4 is 5.91 Å². The molecule has 1 aromatic rings. The van der Waals surface area contributed by atoms with Crippen molar-refractivity contribution in [2.75, 3.05) is 6.54 Å². The van der Waals surface area contributed by atoms with Crippen molar-refractivity contribution in [1.29, 1.82) is 0 Å². The first-order chi connectivity index (χ1) is 9.79. The maximum Gasteiger partial charge on any atom is 0.411 e. The zero-order valence-electron chi connectivity index (χ0n) is 11.5. The van der Waals surface area contributed by atoms with Gasteiger partial charge in [0.2, 0.25) is 0 Å². The number of nitrogens with one attached hydrogen (secondary N) is 1. The van der Waals surface area contributed by atoms with Gasteiger partial charge < -0.3 is 11.1 Å². The summed E-state index contributed by atoms with van der Waals surface area (Å²) in [4.78, 5) is 12.2. The molecule has 0 aromatic heterocycles. The lowest BCUT2D eigenvalue weighted by molar-refractivity contribution is -0.163. The Morgan fingerprint density at radius 1 is 1.43 bits per heavy atom. The molecule has 3 nitrogen and oxygen atoms in total. The lowest BCUT2D eigenvalue weighted by Gasteiger charge is -2.21. The van der Waals surface area contributed by atoms with Crippen molar-refractivity contribution in [2.24, 2.45) is 5.73 Å². The Bertz CT molecular complexity index is 622. The second-order valence-electron chi connectivity index (χ2n) is 5.09. The summed E-state index contributed by atoms with van der Waals surface area (Å²) in [6.45, 7) is 1.87. The van der Waals surface area contributed by atoms with Crippen molar-refractivity contribution < 1.29 is 18.0 Å². The quantitative estimate of drug-likeness (QED) is 0.822. The van der Waals surface area contributed by atoms with E-state index in [-0.39, 0.29) is 24.9 Å². The van der Waals surface area contributed by atoms with Crippen LogP contribution in [0.5, 0.6) is 0 Å². The van der Waals surface area contributed by atoms with Crippen molar-refractivity contribution in [2.45, 2.75) is 31.5 Å². The maximum atomic E-state index is 12.9. The highest BCUT2D eigenvalue weighted by atomic mass is 19.4. The highest BCUT2D eigenvalue weighted by Gasteiger charge is 2.64. The van der Waals surface area contributed by atoms with Gasteiger partial charge in [-0.05, 0) is 31.9 Å². The number of nitrogens with two attached hydrogens (primary N) is 1. The molecular formula is C15H15F3N2O. The molecule has 1 aromatic carbocycles. The Labute approximate surface area is 120 Å². The van der Waals surface area contributed by atoms with Crippen LogP contribution in [0.4, 0.5) is 13.2 Å². The van der Waals surface area contributed by atoms with E-state index in [2.05, 4.69) is 17.2 Å². The third-order valence-corrected chi connectivity index (χ3v) is 3.39. The first kappa shape index (κ1) is 15.4. The van der Waals surface area contributed by atoms with Gasteiger partial charge in [0.1, 0.15) is 5.54 Å².